The van der Waals surface area contributed by atoms with E-state index in [4.69, 9.17) is 4.74 Å². The number of rotatable bonds is 5. The van der Waals surface area contributed by atoms with Gasteiger partial charge in [-0.1, -0.05) is 0 Å². The number of carbonyl (C=O) groups excluding carboxylic acids is 1. The van der Waals surface area contributed by atoms with Crippen LogP contribution in [0.3, 0.4) is 0 Å². The summed E-state index contributed by atoms with van der Waals surface area (Å²) < 4.78 is 7.32. The van der Waals surface area contributed by atoms with E-state index in [0.29, 0.717) is 26.0 Å². The van der Waals surface area contributed by atoms with Crippen LogP contribution in [0.1, 0.15) is 12.2 Å². The third kappa shape index (κ3) is 3.78. The summed E-state index contributed by atoms with van der Waals surface area (Å²) in [5.74, 6) is 0.886. The minimum absolute atomic E-state index is 0.00595. The van der Waals surface area contributed by atoms with Crippen LogP contribution >= 0.6 is 0 Å². The molecule has 1 aromatic heterocycles. The van der Waals surface area contributed by atoms with Crippen molar-refractivity contribution in [1.29, 1.82) is 0 Å². The third-order valence-electron chi connectivity index (χ3n) is 2.89. The molecule has 18 heavy (non-hydrogen) atoms. The molecule has 2 heterocycles. The molecule has 1 aliphatic heterocycles. The van der Waals surface area contributed by atoms with Crippen LogP contribution in [0.25, 0.3) is 0 Å². The van der Waals surface area contributed by atoms with Gasteiger partial charge in [0.1, 0.15) is 12.2 Å². The summed E-state index contributed by atoms with van der Waals surface area (Å²) in [5, 5.41) is 13.8. The van der Waals surface area contributed by atoms with Crippen LogP contribution in [0.2, 0.25) is 0 Å². The Balaban J connectivity index is 1.64. The lowest BCUT2D eigenvalue weighted by Crippen LogP contribution is -2.41. The van der Waals surface area contributed by atoms with Gasteiger partial charge in [0.05, 0.1) is 19.1 Å². The van der Waals surface area contributed by atoms with Crippen molar-refractivity contribution in [3.63, 3.8) is 0 Å². The Labute approximate surface area is 106 Å². The number of amides is 1. The van der Waals surface area contributed by atoms with E-state index in [2.05, 4.69) is 20.8 Å². The summed E-state index contributed by atoms with van der Waals surface area (Å²) in [7, 11) is 1.89. The number of ether oxygens (including phenoxy) is 1. The quantitative estimate of drug-likeness (QED) is 0.693. The summed E-state index contributed by atoms with van der Waals surface area (Å²) in [6, 6.07) is 0. The second kappa shape index (κ2) is 6.46. The maximum absolute atomic E-state index is 11.7. The average molecular weight is 253 g/mol. The zero-order chi connectivity index (χ0) is 12.8. The van der Waals surface area contributed by atoms with Crippen molar-refractivity contribution in [3.8, 4) is 0 Å². The van der Waals surface area contributed by atoms with Gasteiger partial charge in [-0.25, -0.2) is 0 Å². The van der Waals surface area contributed by atoms with Crippen LogP contribution < -0.4 is 10.6 Å². The number of carbonyl (C=O) groups is 1. The topological polar surface area (TPSA) is 81.1 Å². The Morgan fingerprint density at radius 1 is 1.72 bits per heavy atom. The van der Waals surface area contributed by atoms with E-state index < -0.39 is 0 Å². The number of hydrogen-bond donors (Lipinski definition) is 2. The van der Waals surface area contributed by atoms with Crippen molar-refractivity contribution in [2.75, 3.05) is 26.2 Å². The first kappa shape index (κ1) is 13.0. The molecule has 7 nitrogen and oxygen atoms in total. The van der Waals surface area contributed by atoms with Gasteiger partial charge >= 0.3 is 0 Å². The number of hydrogen-bond acceptors (Lipinski definition) is 5. The third-order valence-corrected chi connectivity index (χ3v) is 2.89. The minimum atomic E-state index is -0.00595. The van der Waals surface area contributed by atoms with Gasteiger partial charge in [-0.15, -0.1) is 10.2 Å². The van der Waals surface area contributed by atoms with E-state index in [1.54, 1.807) is 6.33 Å². The highest BCUT2D eigenvalue weighted by molar-refractivity contribution is 5.76. The molecule has 1 amide bonds. The molecular formula is C11H19N5O2. The SMILES string of the molecule is Cn1cnnc1CCNC(=O)CC1CNCCO1. The Bertz CT molecular complexity index is 387. The monoisotopic (exact) mass is 253 g/mol. The smallest absolute Gasteiger partial charge is 0.222 e. The maximum Gasteiger partial charge on any atom is 0.222 e. The lowest BCUT2D eigenvalue weighted by Gasteiger charge is -2.22. The fraction of sp³-hybridized carbons (Fsp3) is 0.727. The molecule has 2 rings (SSSR count). The summed E-state index contributed by atoms with van der Waals surface area (Å²) >= 11 is 0. The molecule has 100 valence electrons. The van der Waals surface area contributed by atoms with Gasteiger partial charge < -0.3 is 19.9 Å². The molecule has 2 N–H and O–H groups in total. The van der Waals surface area contributed by atoms with E-state index >= 15 is 0 Å². The first-order valence-corrected chi connectivity index (χ1v) is 6.17. The van der Waals surface area contributed by atoms with Crippen LogP contribution in [0.5, 0.6) is 0 Å². The zero-order valence-corrected chi connectivity index (χ0v) is 10.6. The standard InChI is InChI=1S/C11H19N5O2/c1-16-8-14-15-10(16)2-3-13-11(17)6-9-7-12-4-5-18-9/h8-9,12H,2-7H2,1H3,(H,13,17). The number of morpholine rings is 1. The highest BCUT2D eigenvalue weighted by atomic mass is 16.5. The number of nitrogens with zero attached hydrogens (tertiary/aromatic N) is 3. The van der Waals surface area contributed by atoms with Crippen molar-refractivity contribution >= 4 is 5.91 Å². The fourth-order valence-corrected chi connectivity index (χ4v) is 1.88. The molecule has 1 aliphatic rings. The first-order chi connectivity index (χ1) is 8.75. The van der Waals surface area contributed by atoms with Crippen molar-refractivity contribution in [2.45, 2.75) is 18.9 Å². The summed E-state index contributed by atoms with van der Waals surface area (Å²) in [6.07, 6.45) is 2.74. The number of aromatic nitrogens is 3. The number of nitrogens with one attached hydrogen (secondary N) is 2. The molecule has 0 radical (unpaired) electrons. The molecule has 1 atom stereocenters. The Morgan fingerprint density at radius 3 is 3.28 bits per heavy atom. The van der Waals surface area contributed by atoms with Crippen LogP contribution in [-0.4, -0.2) is 53.0 Å². The average Bonchev–Trinajstić information content (AvgIpc) is 2.76. The Hall–Kier alpha value is -1.47. The first-order valence-electron chi connectivity index (χ1n) is 6.17. The second-order valence-electron chi connectivity index (χ2n) is 4.36. The van der Waals surface area contributed by atoms with E-state index in [-0.39, 0.29) is 12.0 Å². The summed E-state index contributed by atoms with van der Waals surface area (Å²) in [5.41, 5.74) is 0. The lowest BCUT2D eigenvalue weighted by molar-refractivity contribution is -0.124. The fourth-order valence-electron chi connectivity index (χ4n) is 1.88. The van der Waals surface area contributed by atoms with Crippen molar-refractivity contribution in [1.82, 2.24) is 25.4 Å². The summed E-state index contributed by atoms with van der Waals surface area (Å²) in [6.45, 7) is 2.86. The van der Waals surface area contributed by atoms with Gasteiger partial charge in [0.15, 0.2) is 0 Å². The van der Waals surface area contributed by atoms with E-state index in [9.17, 15) is 4.79 Å². The van der Waals surface area contributed by atoms with Gasteiger partial charge in [0, 0.05) is 33.1 Å². The molecule has 7 heteroatoms. The van der Waals surface area contributed by atoms with Crippen LogP contribution in [0.15, 0.2) is 6.33 Å². The van der Waals surface area contributed by atoms with Crippen molar-refractivity contribution in [2.24, 2.45) is 7.05 Å². The normalized spacial score (nSPS) is 19.7. The molecule has 0 aliphatic carbocycles. The molecular weight excluding hydrogens is 234 g/mol. The van der Waals surface area contributed by atoms with Crippen LogP contribution in [0.4, 0.5) is 0 Å². The Kier molecular flexibility index (Phi) is 4.66. The van der Waals surface area contributed by atoms with Crippen molar-refractivity contribution < 1.29 is 9.53 Å². The predicted octanol–water partition coefficient (Wildman–Crippen LogP) is -1.15. The lowest BCUT2D eigenvalue weighted by atomic mass is 10.2. The van der Waals surface area contributed by atoms with Gasteiger partial charge in [-0.05, 0) is 0 Å². The molecule has 0 bridgehead atoms. The number of aryl methyl sites for hydroxylation is 1. The van der Waals surface area contributed by atoms with Gasteiger partial charge in [-0.3, -0.25) is 4.79 Å². The van der Waals surface area contributed by atoms with Crippen LogP contribution in [0, 0.1) is 0 Å². The van der Waals surface area contributed by atoms with Gasteiger partial charge in [0.25, 0.3) is 0 Å². The van der Waals surface area contributed by atoms with E-state index in [1.165, 1.54) is 0 Å². The minimum Gasteiger partial charge on any atom is -0.375 e. The molecule has 0 aromatic carbocycles. The second-order valence-corrected chi connectivity index (χ2v) is 4.36. The van der Waals surface area contributed by atoms with Crippen LogP contribution in [-0.2, 0) is 23.0 Å². The van der Waals surface area contributed by atoms with Crippen molar-refractivity contribution in [3.05, 3.63) is 12.2 Å². The Morgan fingerprint density at radius 2 is 2.61 bits per heavy atom. The summed E-state index contributed by atoms with van der Waals surface area (Å²) in [4.78, 5) is 11.7. The highest BCUT2D eigenvalue weighted by Gasteiger charge is 2.16. The van der Waals surface area contributed by atoms with E-state index in [0.717, 1.165) is 18.9 Å². The molecule has 0 spiro atoms. The molecule has 1 unspecified atom stereocenters. The molecule has 1 saturated heterocycles. The van der Waals surface area contributed by atoms with Gasteiger partial charge in [-0.2, -0.15) is 0 Å². The maximum atomic E-state index is 11.7. The highest BCUT2D eigenvalue weighted by Crippen LogP contribution is 2.01. The molecule has 1 fully saturated rings. The zero-order valence-electron chi connectivity index (χ0n) is 10.6. The predicted molar refractivity (Wildman–Crippen MR) is 64.9 cm³/mol. The van der Waals surface area contributed by atoms with E-state index in [1.807, 2.05) is 11.6 Å². The molecule has 0 saturated carbocycles. The van der Waals surface area contributed by atoms with Gasteiger partial charge in [0.2, 0.25) is 5.91 Å². The largest absolute Gasteiger partial charge is 0.375 e. The molecule has 1 aromatic rings.